The van der Waals surface area contributed by atoms with Crippen LogP contribution < -0.4 is 10.1 Å². The first kappa shape index (κ1) is 17.5. The van der Waals surface area contributed by atoms with Crippen molar-refractivity contribution in [3.05, 3.63) is 30.1 Å². The van der Waals surface area contributed by atoms with Crippen molar-refractivity contribution >= 4 is 5.91 Å². The first-order valence-corrected chi connectivity index (χ1v) is 7.58. The minimum atomic E-state index is -0.679. The van der Waals surface area contributed by atoms with Crippen molar-refractivity contribution in [3.63, 3.8) is 0 Å². The van der Waals surface area contributed by atoms with Crippen molar-refractivity contribution in [1.29, 1.82) is 0 Å². The van der Waals surface area contributed by atoms with Crippen molar-refractivity contribution in [1.82, 2.24) is 5.32 Å². The molecule has 0 spiro atoms. The molecule has 0 aliphatic carbocycles. The summed E-state index contributed by atoms with van der Waals surface area (Å²) >= 11 is 0. The Morgan fingerprint density at radius 2 is 1.76 bits per heavy atom. The summed E-state index contributed by atoms with van der Waals surface area (Å²) in [5.41, 5.74) is 0. The molecule has 4 heteroatoms. The Morgan fingerprint density at radius 3 is 2.24 bits per heavy atom. The maximum atomic E-state index is 13.6. The van der Waals surface area contributed by atoms with Gasteiger partial charge in [0.05, 0.1) is 0 Å². The Kier molecular flexibility index (Phi) is 6.66. The molecule has 0 unspecified atom stereocenters. The van der Waals surface area contributed by atoms with Crippen LogP contribution in [0.25, 0.3) is 0 Å². The molecular formula is C17H26FNO2. The quantitative estimate of drug-likeness (QED) is 0.831. The molecular weight excluding hydrogens is 269 g/mol. The van der Waals surface area contributed by atoms with E-state index in [0.717, 1.165) is 0 Å². The van der Waals surface area contributed by atoms with Gasteiger partial charge in [-0.15, -0.1) is 0 Å². The molecule has 0 aliphatic heterocycles. The third-order valence-corrected chi connectivity index (χ3v) is 3.51. The molecule has 118 valence electrons. The maximum Gasteiger partial charge on any atom is 0.261 e. The summed E-state index contributed by atoms with van der Waals surface area (Å²) in [6.45, 7) is 10.1. The largest absolute Gasteiger partial charge is 0.478 e. The summed E-state index contributed by atoms with van der Waals surface area (Å²) < 4.78 is 19.1. The fourth-order valence-corrected chi connectivity index (χ4v) is 2.38. The number of para-hydroxylation sites is 1. The molecule has 1 atom stereocenters. The smallest absolute Gasteiger partial charge is 0.261 e. The normalized spacial score (nSPS) is 12.8. The lowest BCUT2D eigenvalue weighted by Crippen LogP contribution is -2.48. The average Bonchev–Trinajstić information content (AvgIpc) is 2.42. The average molecular weight is 295 g/mol. The van der Waals surface area contributed by atoms with Crippen LogP contribution in [0, 0.1) is 17.7 Å². The number of hydrogen-bond donors (Lipinski definition) is 1. The first-order chi connectivity index (χ1) is 9.86. The summed E-state index contributed by atoms with van der Waals surface area (Å²) in [5, 5.41) is 3.02. The standard InChI is InChI=1S/C17H26FNO2/c1-6-14(21-15-10-8-7-9-13(15)18)17(20)19-16(11(2)3)12(4)5/h7-12,14,16H,6H2,1-5H3,(H,19,20)/t14-/m0/s1. The summed E-state index contributed by atoms with van der Waals surface area (Å²) in [5.74, 6) is 0.145. The van der Waals surface area contributed by atoms with E-state index in [1.54, 1.807) is 12.1 Å². The number of rotatable bonds is 7. The fourth-order valence-electron chi connectivity index (χ4n) is 2.38. The van der Waals surface area contributed by atoms with Gasteiger partial charge in [0, 0.05) is 6.04 Å². The lowest BCUT2D eigenvalue weighted by Gasteiger charge is -2.28. The van der Waals surface area contributed by atoms with Gasteiger partial charge in [-0.2, -0.15) is 0 Å². The Hall–Kier alpha value is -1.58. The molecule has 0 saturated heterocycles. The minimum Gasteiger partial charge on any atom is -0.478 e. The third kappa shape index (κ3) is 5.03. The molecule has 0 heterocycles. The zero-order valence-electron chi connectivity index (χ0n) is 13.5. The molecule has 1 rings (SSSR count). The lowest BCUT2D eigenvalue weighted by atomic mass is 9.93. The van der Waals surface area contributed by atoms with E-state index in [0.29, 0.717) is 18.3 Å². The monoisotopic (exact) mass is 295 g/mol. The molecule has 0 saturated carbocycles. The van der Waals surface area contributed by atoms with Crippen molar-refractivity contribution in [3.8, 4) is 5.75 Å². The minimum absolute atomic E-state index is 0.0794. The topological polar surface area (TPSA) is 38.3 Å². The van der Waals surface area contributed by atoms with Gasteiger partial charge in [-0.25, -0.2) is 4.39 Å². The van der Waals surface area contributed by atoms with Crippen LogP contribution in [0.1, 0.15) is 41.0 Å². The number of nitrogens with one attached hydrogen (secondary N) is 1. The van der Waals surface area contributed by atoms with Crippen LogP contribution in [0.2, 0.25) is 0 Å². The third-order valence-electron chi connectivity index (χ3n) is 3.51. The second-order valence-corrected chi connectivity index (χ2v) is 5.97. The summed E-state index contributed by atoms with van der Waals surface area (Å²) in [6, 6.07) is 6.22. The van der Waals surface area contributed by atoms with Crippen molar-refractivity contribution in [2.75, 3.05) is 0 Å². The molecule has 21 heavy (non-hydrogen) atoms. The van der Waals surface area contributed by atoms with Crippen LogP contribution >= 0.6 is 0 Å². The molecule has 1 amide bonds. The van der Waals surface area contributed by atoms with Crippen molar-refractivity contribution in [2.24, 2.45) is 11.8 Å². The summed E-state index contributed by atoms with van der Waals surface area (Å²) in [4.78, 5) is 12.4. The van der Waals surface area contributed by atoms with Crippen LogP contribution in [0.4, 0.5) is 4.39 Å². The number of hydrogen-bond acceptors (Lipinski definition) is 2. The van der Waals surface area contributed by atoms with E-state index in [2.05, 4.69) is 33.0 Å². The number of carbonyl (C=O) groups excluding carboxylic acids is 1. The van der Waals surface area contributed by atoms with E-state index < -0.39 is 11.9 Å². The molecule has 0 aromatic heterocycles. The van der Waals surface area contributed by atoms with Gasteiger partial charge in [-0.05, 0) is 30.4 Å². The molecule has 0 radical (unpaired) electrons. The highest BCUT2D eigenvalue weighted by Gasteiger charge is 2.25. The van der Waals surface area contributed by atoms with E-state index in [1.165, 1.54) is 12.1 Å². The number of amides is 1. The number of benzene rings is 1. The van der Waals surface area contributed by atoms with Gasteiger partial charge in [0.15, 0.2) is 17.7 Å². The van der Waals surface area contributed by atoms with Crippen molar-refractivity contribution < 1.29 is 13.9 Å². The van der Waals surface area contributed by atoms with Gasteiger partial charge < -0.3 is 10.1 Å². The number of carbonyl (C=O) groups is 1. The second kappa shape index (κ2) is 8.01. The Morgan fingerprint density at radius 1 is 1.19 bits per heavy atom. The number of halogens is 1. The summed E-state index contributed by atoms with van der Waals surface area (Å²) in [6.07, 6.45) is -0.190. The lowest BCUT2D eigenvalue weighted by molar-refractivity contribution is -0.129. The van der Waals surface area contributed by atoms with Crippen LogP contribution in [-0.4, -0.2) is 18.1 Å². The number of ether oxygens (including phenoxy) is 1. The SMILES string of the molecule is CC[C@H](Oc1ccccc1F)C(=O)NC(C(C)C)C(C)C. The summed E-state index contributed by atoms with van der Waals surface area (Å²) in [7, 11) is 0. The molecule has 0 bridgehead atoms. The molecule has 0 fully saturated rings. The van der Waals surface area contributed by atoms with E-state index in [-0.39, 0.29) is 17.7 Å². The van der Waals surface area contributed by atoms with Gasteiger partial charge in [0.25, 0.3) is 5.91 Å². The van der Waals surface area contributed by atoms with E-state index in [4.69, 9.17) is 4.74 Å². The Bertz CT molecular complexity index is 452. The van der Waals surface area contributed by atoms with Gasteiger partial charge in [0.2, 0.25) is 0 Å². The van der Waals surface area contributed by atoms with Gasteiger partial charge in [-0.1, -0.05) is 46.8 Å². The highest BCUT2D eigenvalue weighted by Crippen LogP contribution is 2.19. The van der Waals surface area contributed by atoms with Crippen molar-refractivity contribution in [2.45, 2.75) is 53.2 Å². The Balaban J connectivity index is 2.76. The highest BCUT2D eigenvalue weighted by atomic mass is 19.1. The van der Waals surface area contributed by atoms with E-state index >= 15 is 0 Å². The van der Waals surface area contributed by atoms with Crippen LogP contribution in [-0.2, 0) is 4.79 Å². The zero-order chi connectivity index (χ0) is 16.0. The van der Waals surface area contributed by atoms with Crippen LogP contribution in [0.15, 0.2) is 24.3 Å². The van der Waals surface area contributed by atoms with E-state index in [1.807, 2.05) is 6.92 Å². The molecule has 3 nitrogen and oxygen atoms in total. The maximum absolute atomic E-state index is 13.6. The zero-order valence-corrected chi connectivity index (χ0v) is 13.5. The van der Waals surface area contributed by atoms with Crippen LogP contribution in [0.3, 0.4) is 0 Å². The second-order valence-electron chi connectivity index (χ2n) is 5.97. The van der Waals surface area contributed by atoms with Gasteiger partial charge in [-0.3, -0.25) is 4.79 Å². The highest BCUT2D eigenvalue weighted by molar-refractivity contribution is 5.81. The predicted molar refractivity (Wildman–Crippen MR) is 82.7 cm³/mol. The first-order valence-electron chi connectivity index (χ1n) is 7.58. The molecule has 1 aromatic rings. The Labute approximate surface area is 126 Å². The van der Waals surface area contributed by atoms with Gasteiger partial charge >= 0.3 is 0 Å². The predicted octanol–water partition coefficient (Wildman–Crippen LogP) is 3.78. The van der Waals surface area contributed by atoms with Crippen LogP contribution in [0.5, 0.6) is 5.75 Å². The van der Waals surface area contributed by atoms with Gasteiger partial charge in [0.1, 0.15) is 0 Å². The van der Waals surface area contributed by atoms with E-state index in [9.17, 15) is 9.18 Å². The fraction of sp³-hybridized carbons (Fsp3) is 0.588. The molecule has 1 aromatic carbocycles. The molecule has 0 aliphatic rings. The molecule has 1 N–H and O–H groups in total.